The van der Waals surface area contributed by atoms with Gasteiger partial charge < -0.3 is 20.5 Å². The number of hydrogen-bond donors (Lipinski definition) is 2. The van der Waals surface area contributed by atoms with Crippen molar-refractivity contribution >= 4 is 50.7 Å². The van der Waals surface area contributed by atoms with Crippen molar-refractivity contribution < 1.29 is 14.3 Å². The summed E-state index contributed by atoms with van der Waals surface area (Å²) in [6.45, 7) is 2.28. The van der Waals surface area contributed by atoms with Gasteiger partial charge >= 0.3 is 0 Å². The van der Waals surface area contributed by atoms with E-state index in [0.29, 0.717) is 34.1 Å². The molecule has 30 heavy (non-hydrogen) atoms. The van der Waals surface area contributed by atoms with Gasteiger partial charge in [-0.1, -0.05) is 18.7 Å². The highest BCUT2D eigenvalue weighted by atomic mass is 32.2. The van der Waals surface area contributed by atoms with Gasteiger partial charge in [0, 0.05) is 10.9 Å². The SMILES string of the molecule is COc1ccc(NC(=O)CSc2nc(N)c3c4c(sc3n2)CC(C)CC4)c(OC)c1. The predicted molar refractivity (Wildman–Crippen MR) is 122 cm³/mol. The Kier molecular flexibility index (Phi) is 6.01. The molecule has 7 nitrogen and oxygen atoms in total. The van der Waals surface area contributed by atoms with Gasteiger partial charge in [-0.3, -0.25) is 4.79 Å². The summed E-state index contributed by atoms with van der Waals surface area (Å²) in [6.07, 6.45) is 3.27. The minimum Gasteiger partial charge on any atom is -0.497 e. The van der Waals surface area contributed by atoms with E-state index in [4.69, 9.17) is 15.2 Å². The van der Waals surface area contributed by atoms with Gasteiger partial charge in [0.05, 0.1) is 31.0 Å². The van der Waals surface area contributed by atoms with Crippen LogP contribution in [0.3, 0.4) is 0 Å². The Morgan fingerprint density at radius 1 is 1.33 bits per heavy atom. The van der Waals surface area contributed by atoms with E-state index in [9.17, 15) is 4.79 Å². The minimum atomic E-state index is -0.176. The molecular formula is C21H24N4O3S2. The molecule has 1 aliphatic rings. The number of aryl methyl sites for hydroxylation is 1. The molecule has 0 bridgehead atoms. The third-order valence-corrected chi connectivity index (χ3v) is 7.17. The number of amides is 1. The van der Waals surface area contributed by atoms with Crippen LogP contribution in [0.25, 0.3) is 10.2 Å². The number of thioether (sulfide) groups is 1. The molecule has 4 rings (SSSR count). The Hall–Kier alpha value is -2.52. The van der Waals surface area contributed by atoms with Crippen molar-refractivity contribution in [1.82, 2.24) is 9.97 Å². The van der Waals surface area contributed by atoms with Crippen molar-refractivity contribution in [1.29, 1.82) is 0 Å². The molecule has 3 aromatic rings. The van der Waals surface area contributed by atoms with Crippen LogP contribution in [0.2, 0.25) is 0 Å². The lowest BCUT2D eigenvalue weighted by Crippen LogP contribution is -2.15. The molecule has 2 heterocycles. The first-order chi connectivity index (χ1) is 14.5. The number of fused-ring (bicyclic) bond motifs is 3. The molecule has 0 spiro atoms. The fourth-order valence-corrected chi connectivity index (χ4v) is 5.73. The van der Waals surface area contributed by atoms with Crippen LogP contribution in [0.15, 0.2) is 23.4 Å². The summed E-state index contributed by atoms with van der Waals surface area (Å²) in [4.78, 5) is 23.9. The summed E-state index contributed by atoms with van der Waals surface area (Å²) in [5, 5.41) is 4.37. The van der Waals surface area contributed by atoms with Crippen molar-refractivity contribution in [3.63, 3.8) is 0 Å². The molecule has 0 radical (unpaired) electrons. The standard InChI is InChI=1S/C21H24N4O3S2/c1-11-4-6-13-16(8-11)30-20-18(13)19(22)24-21(25-20)29-10-17(26)23-14-7-5-12(27-2)9-15(14)28-3/h5,7,9,11H,4,6,8,10H2,1-3H3,(H,23,26)(H2,22,24,25). The molecule has 3 N–H and O–H groups in total. The van der Waals surface area contributed by atoms with Gasteiger partial charge in [0.15, 0.2) is 5.16 Å². The van der Waals surface area contributed by atoms with Crippen molar-refractivity contribution in [2.45, 2.75) is 31.3 Å². The Morgan fingerprint density at radius 3 is 2.93 bits per heavy atom. The lowest BCUT2D eigenvalue weighted by molar-refractivity contribution is -0.113. The molecule has 1 unspecified atom stereocenters. The quantitative estimate of drug-likeness (QED) is 0.435. The van der Waals surface area contributed by atoms with Gasteiger partial charge in [0.25, 0.3) is 0 Å². The smallest absolute Gasteiger partial charge is 0.234 e. The Bertz CT molecular complexity index is 1100. The monoisotopic (exact) mass is 444 g/mol. The van der Waals surface area contributed by atoms with Crippen LogP contribution in [0.4, 0.5) is 11.5 Å². The first-order valence-electron chi connectivity index (χ1n) is 9.71. The second-order valence-corrected chi connectivity index (χ2v) is 9.35. The number of nitrogens with one attached hydrogen (secondary N) is 1. The number of nitrogen functional groups attached to an aromatic ring is 1. The van der Waals surface area contributed by atoms with Crippen molar-refractivity contribution in [3.8, 4) is 11.5 Å². The van der Waals surface area contributed by atoms with E-state index < -0.39 is 0 Å². The maximum atomic E-state index is 12.4. The average molecular weight is 445 g/mol. The molecule has 0 saturated carbocycles. The van der Waals surface area contributed by atoms with Gasteiger partial charge in [-0.25, -0.2) is 9.97 Å². The highest BCUT2D eigenvalue weighted by Gasteiger charge is 2.23. The second kappa shape index (κ2) is 8.69. The first-order valence-corrected chi connectivity index (χ1v) is 11.5. The lowest BCUT2D eigenvalue weighted by Gasteiger charge is -2.17. The number of nitrogens with two attached hydrogens (primary N) is 1. The average Bonchev–Trinajstić information content (AvgIpc) is 3.10. The van der Waals surface area contributed by atoms with E-state index in [-0.39, 0.29) is 11.7 Å². The van der Waals surface area contributed by atoms with Crippen LogP contribution in [-0.2, 0) is 17.6 Å². The van der Waals surface area contributed by atoms with Crippen LogP contribution in [0.5, 0.6) is 11.5 Å². The number of carbonyl (C=O) groups is 1. The fraction of sp³-hybridized carbons (Fsp3) is 0.381. The zero-order chi connectivity index (χ0) is 21.3. The van der Waals surface area contributed by atoms with Gasteiger partial charge in [0.2, 0.25) is 5.91 Å². The molecule has 1 amide bonds. The molecule has 1 aromatic carbocycles. The Labute approximate surface area is 183 Å². The highest BCUT2D eigenvalue weighted by molar-refractivity contribution is 7.99. The van der Waals surface area contributed by atoms with Gasteiger partial charge in [-0.15, -0.1) is 11.3 Å². The minimum absolute atomic E-state index is 0.169. The number of thiophene rings is 1. The molecule has 158 valence electrons. The van der Waals surface area contributed by atoms with Crippen LogP contribution in [0.1, 0.15) is 23.8 Å². The largest absolute Gasteiger partial charge is 0.497 e. The molecule has 9 heteroatoms. The van der Waals surface area contributed by atoms with E-state index in [2.05, 4.69) is 22.2 Å². The number of benzene rings is 1. The van der Waals surface area contributed by atoms with E-state index in [1.165, 1.54) is 28.6 Å². The number of hydrogen-bond acceptors (Lipinski definition) is 8. The summed E-state index contributed by atoms with van der Waals surface area (Å²) in [7, 11) is 3.13. The van der Waals surface area contributed by atoms with Crippen molar-refractivity contribution in [3.05, 3.63) is 28.6 Å². The number of aromatic nitrogens is 2. The summed E-state index contributed by atoms with van der Waals surface area (Å²) in [5.74, 6) is 2.38. The summed E-state index contributed by atoms with van der Waals surface area (Å²) in [5.41, 5.74) is 8.16. The van der Waals surface area contributed by atoms with Crippen LogP contribution >= 0.6 is 23.1 Å². The first kappa shape index (κ1) is 20.7. The van der Waals surface area contributed by atoms with Gasteiger partial charge in [0.1, 0.15) is 22.1 Å². The van der Waals surface area contributed by atoms with E-state index in [1.807, 2.05) is 0 Å². The van der Waals surface area contributed by atoms with Gasteiger partial charge in [-0.2, -0.15) is 0 Å². The van der Waals surface area contributed by atoms with Crippen LogP contribution in [0, 0.1) is 5.92 Å². The Balaban J connectivity index is 1.47. The zero-order valence-corrected chi connectivity index (χ0v) is 18.8. The summed E-state index contributed by atoms with van der Waals surface area (Å²) >= 11 is 2.97. The molecule has 0 fully saturated rings. The normalized spacial score (nSPS) is 15.6. The number of nitrogens with zero attached hydrogens (tertiary/aromatic N) is 2. The van der Waals surface area contributed by atoms with E-state index >= 15 is 0 Å². The van der Waals surface area contributed by atoms with Crippen molar-refractivity contribution in [2.75, 3.05) is 31.0 Å². The fourth-order valence-electron chi connectivity index (χ4n) is 3.63. The zero-order valence-electron chi connectivity index (χ0n) is 17.2. The third-order valence-electron chi connectivity index (χ3n) is 5.18. The maximum absolute atomic E-state index is 12.4. The number of ether oxygens (including phenoxy) is 2. The predicted octanol–water partition coefficient (Wildman–Crippen LogP) is 4.15. The molecule has 2 aromatic heterocycles. The lowest BCUT2D eigenvalue weighted by atomic mass is 9.89. The molecule has 1 atom stereocenters. The highest BCUT2D eigenvalue weighted by Crippen LogP contribution is 2.40. The summed E-state index contributed by atoms with van der Waals surface area (Å²) < 4.78 is 10.5. The summed E-state index contributed by atoms with van der Waals surface area (Å²) in [6, 6.07) is 5.24. The second-order valence-electron chi connectivity index (χ2n) is 7.33. The van der Waals surface area contributed by atoms with Crippen molar-refractivity contribution in [2.24, 2.45) is 5.92 Å². The molecule has 1 aliphatic carbocycles. The van der Waals surface area contributed by atoms with Crippen LogP contribution in [-0.4, -0.2) is 35.8 Å². The topological polar surface area (TPSA) is 99.4 Å². The Morgan fingerprint density at radius 2 is 2.17 bits per heavy atom. The third kappa shape index (κ3) is 4.17. The van der Waals surface area contributed by atoms with Crippen LogP contribution < -0.4 is 20.5 Å². The molecule has 0 saturated heterocycles. The maximum Gasteiger partial charge on any atom is 0.234 e. The molecule has 0 aliphatic heterocycles. The van der Waals surface area contributed by atoms with E-state index in [1.54, 1.807) is 43.8 Å². The number of anilines is 2. The molecular weight excluding hydrogens is 420 g/mol. The number of carbonyl (C=O) groups excluding carboxylic acids is 1. The number of rotatable bonds is 6. The number of methoxy groups -OCH3 is 2. The van der Waals surface area contributed by atoms with E-state index in [0.717, 1.165) is 23.1 Å². The van der Waals surface area contributed by atoms with Gasteiger partial charge in [-0.05, 0) is 42.9 Å².